The van der Waals surface area contributed by atoms with Crippen LogP contribution in [-0.4, -0.2) is 34.0 Å². The van der Waals surface area contributed by atoms with Crippen molar-refractivity contribution in [2.24, 2.45) is 11.7 Å². The topological polar surface area (TPSA) is 66.0 Å². The lowest BCUT2D eigenvalue weighted by Gasteiger charge is -2.22. The second kappa shape index (κ2) is 7.48. The maximum absolute atomic E-state index is 6.20. The van der Waals surface area contributed by atoms with E-state index in [1.54, 1.807) is 13.4 Å². The van der Waals surface area contributed by atoms with Crippen molar-refractivity contribution in [1.82, 2.24) is 14.8 Å². The van der Waals surface area contributed by atoms with Crippen LogP contribution in [0.3, 0.4) is 0 Å². The second-order valence-electron chi connectivity index (χ2n) is 5.18. The molecule has 1 aromatic rings. The highest BCUT2D eigenvalue weighted by molar-refractivity contribution is 4.91. The van der Waals surface area contributed by atoms with E-state index in [1.165, 1.54) is 0 Å². The van der Waals surface area contributed by atoms with Crippen LogP contribution in [0, 0.1) is 5.92 Å². The fourth-order valence-electron chi connectivity index (χ4n) is 2.08. The summed E-state index contributed by atoms with van der Waals surface area (Å²) in [6, 6.07) is -0.0231. The Bertz CT molecular complexity index is 337. The zero-order valence-electron chi connectivity index (χ0n) is 12.0. The Morgan fingerprint density at radius 2 is 2.17 bits per heavy atom. The van der Waals surface area contributed by atoms with E-state index >= 15 is 0 Å². The summed E-state index contributed by atoms with van der Waals surface area (Å²) < 4.78 is 7.39. The molecule has 1 rings (SSSR count). The van der Waals surface area contributed by atoms with Gasteiger partial charge in [0.25, 0.3) is 0 Å². The van der Waals surface area contributed by atoms with Gasteiger partial charge >= 0.3 is 0 Å². The molecule has 2 unspecified atom stereocenters. The van der Waals surface area contributed by atoms with Crippen molar-refractivity contribution in [2.75, 3.05) is 7.11 Å². The average Bonchev–Trinajstić information content (AvgIpc) is 2.72. The summed E-state index contributed by atoms with van der Waals surface area (Å²) in [6.45, 7) is 7.36. The molecule has 0 saturated carbocycles. The van der Waals surface area contributed by atoms with Crippen molar-refractivity contribution in [2.45, 2.75) is 58.7 Å². The zero-order chi connectivity index (χ0) is 13.5. The van der Waals surface area contributed by atoms with Gasteiger partial charge in [-0.1, -0.05) is 27.2 Å². The van der Waals surface area contributed by atoms with Gasteiger partial charge in [-0.25, -0.2) is 9.67 Å². The molecule has 0 amide bonds. The van der Waals surface area contributed by atoms with E-state index in [9.17, 15) is 0 Å². The minimum absolute atomic E-state index is 0.0231. The normalized spacial score (nSPS) is 15.0. The number of methoxy groups -OCH3 is 1. The number of ether oxygens (including phenoxy) is 1. The van der Waals surface area contributed by atoms with Crippen LogP contribution in [0.2, 0.25) is 0 Å². The highest BCUT2D eigenvalue weighted by Gasteiger charge is 2.19. The molecule has 0 aromatic carbocycles. The van der Waals surface area contributed by atoms with Gasteiger partial charge in [0, 0.05) is 26.1 Å². The Morgan fingerprint density at radius 3 is 2.72 bits per heavy atom. The lowest BCUT2D eigenvalue weighted by atomic mass is 10.0. The standard InChI is InChI=1S/C13H26N4O/c1-5-6-12(18-4)11(14)7-13-15-9-16-17(13)8-10(2)3/h9-12H,5-8,14H2,1-4H3. The summed E-state index contributed by atoms with van der Waals surface area (Å²) in [5, 5.41) is 4.25. The highest BCUT2D eigenvalue weighted by atomic mass is 16.5. The predicted octanol–water partition coefficient (Wildman–Crippen LogP) is 1.62. The molecule has 0 aliphatic rings. The summed E-state index contributed by atoms with van der Waals surface area (Å²) in [5.74, 6) is 1.50. The first-order valence-corrected chi connectivity index (χ1v) is 6.73. The third-order valence-corrected chi connectivity index (χ3v) is 3.01. The quantitative estimate of drug-likeness (QED) is 0.765. The number of hydrogen-bond donors (Lipinski definition) is 1. The molecule has 0 bridgehead atoms. The zero-order valence-corrected chi connectivity index (χ0v) is 12.0. The van der Waals surface area contributed by atoms with Gasteiger partial charge in [0.05, 0.1) is 6.10 Å². The lowest BCUT2D eigenvalue weighted by molar-refractivity contribution is 0.0717. The first kappa shape index (κ1) is 15.1. The molecule has 0 aliphatic heterocycles. The van der Waals surface area contributed by atoms with Gasteiger partial charge in [-0.2, -0.15) is 5.10 Å². The van der Waals surface area contributed by atoms with Crippen LogP contribution >= 0.6 is 0 Å². The van der Waals surface area contributed by atoms with Crippen molar-refractivity contribution < 1.29 is 4.74 Å². The van der Waals surface area contributed by atoms with Gasteiger partial charge in [-0.3, -0.25) is 0 Å². The van der Waals surface area contributed by atoms with Gasteiger partial charge in [0.1, 0.15) is 12.2 Å². The third kappa shape index (κ3) is 4.38. The molecule has 18 heavy (non-hydrogen) atoms. The van der Waals surface area contributed by atoms with E-state index in [2.05, 4.69) is 30.9 Å². The Kier molecular flexibility index (Phi) is 6.29. The molecule has 1 aromatic heterocycles. The van der Waals surface area contributed by atoms with Crippen LogP contribution in [0.4, 0.5) is 0 Å². The first-order chi connectivity index (χ1) is 8.58. The summed E-state index contributed by atoms with van der Waals surface area (Å²) in [7, 11) is 1.72. The van der Waals surface area contributed by atoms with E-state index < -0.39 is 0 Å². The molecule has 104 valence electrons. The third-order valence-electron chi connectivity index (χ3n) is 3.01. The average molecular weight is 254 g/mol. The Morgan fingerprint density at radius 1 is 1.44 bits per heavy atom. The minimum atomic E-state index is -0.0231. The Balaban J connectivity index is 2.63. The molecular formula is C13H26N4O. The molecule has 0 radical (unpaired) electrons. The Hall–Kier alpha value is -0.940. The molecule has 0 aliphatic carbocycles. The SMILES string of the molecule is CCCC(OC)C(N)Cc1ncnn1CC(C)C. The molecular weight excluding hydrogens is 228 g/mol. The van der Waals surface area contributed by atoms with Crippen LogP contribution in [-0.2, 0) is 17.7 Å². The van der Waals surface area contributed by atoms with Crippen LogP contribution in [0.15, 0.2) is 6.33 Å². The molecule has 0 saturated heterocycles. The molecule has 5 nitrogen and oxygen atoms in total. The highest BCUT2D eigenvalue weighted by Crippen LogP contribution is 2.10. The van der Waals surface area contributed by atoms with Crippen molar-refractivity contribution in [1.29, 1.82) is 0 Å². The van der Waals surface area contributed by atoms with E-state index in [-0.39, 0.29) is 12.1 Å². The molecule has 2 N–H and O–H groups in total. The summed E-state index contributed by atoms with van der Waals surface area (Å²) >= 11 is 0. The van der Waals surface area contributed by atoms with Crippen LogP contribution in [0.5, 0.6) is 0 Å². The van der Waals surface area contributed by atoms with E-state index in [4.69, 9.17) is 10.5 Å². The van der Waals surface area contributed by atoms with Crippen LogP contribution in [0.25, 0.3) is 0 Å². The fraction of sp³-hybridized carbons (Fsp3) is 0.846. The van der Waals surface area contributed by atoms with Gasteiger partial charge < -0.3 is 10.5 Å². The summed E-state index contributed by atoms with van der Waals surface area (Å²) in [6.07, 6.45) is 4.47. The molecule has 0 fully saturated rings. The Labute approximate surface area is 110 Å². The van der Waals surface area contributed by atoms with E-state index in [0.29, 0.717) is 12.3 Å². The van der Waals surface area contributed by atoms with Crippen molar-refractivity contribution in [3.8, 4) is 0 Å². The van der Waals surface area contributed by atoms with Crippen molar-refractivity contribution in [3.63, 3.8) is 0 Å². The van der Waals surface area contributed by atoms with Crippen molar-refractivity contribution in [3.05, 3.63) is 12.2 Å². The largest absolute Gasteiger partial charge is 0.380 e. The second-order valence-corrected chi connectivity index (χ2v) is 5.18. The first-order valence-electron chi connectivity index (χ1n) is 6.73. The van der Waals surface area contributed by atoms with Crippen molar-refractivity contribution >= 4 is 0 Å². The van der Waals surface area contributed by atoms with Gasteiger partial charge in [-0.15, -0.1) is 0 Å². The monoisotopic (exact) mass is 254 g/mol. The minimum Gasteiger partial charge on any atom is -0.380 e. The van der Waals surface area contributed by atoms with E-state index in [0.717, 1.165) is 25.2 Å². The molecule has 1 heterocycles. The summed E-state index contributed by atoms with van der Waals surface area (Å²) in [4.78, 5) is 4.30. The number of hydrogen-bond acceptors (Lipinski definition) is 4. The molecule has 0 spiro atoms. The predicted molar refractivity (Wildman–Crippen MR) is 72.2 cm³/mol. The summed E-state index contributed by atoms with van der Waals surface area (Å²) in [5.41, 5.74) is 6.20. The number of rotatable bonds is 8. The smallest absolute Gasteiger partial charge is 0.138 e. The maximum Gasteiger partial charge on any atom is 0.138 e. The molecule has 5 heteroatoms. The maximum atomic E-state index is 6.20. The van der Waals surface area contributed by atoms with Crippen LogP contribution < -0.4 is 5.73 Å². The van der Waals surface area contributed by atoms with Gasteiger partial charge in [-0.05, 0) is 12.3 Å². The lowest BCUT2D eigenvalue weighted by Crippen LogP contribution is -2.38. The van der Waals surface area contributed by atoms with Gasteiger partial charge in [0.15, 0.2) is 0 Å². The number of aromatic nitrogens is 3. The fourth-order valence-corrected chi connectivity index (χ4v) is 2.08. The van der Waals surface area contributed by atoms with Crippen LogP contribution in [0.1, 0.15) is 39.4 Å². The number of nitrogens with two attached hydrogens (primary N) is 1. The number of nitrogens with zero attached hydrogens (tertiary/aromatic N) is 3. The van der Waals surface area contributed by atoms with E-state index in [1.807, 2.05) is 4.68 Å². The molecule has 2 atom stereocenters. The van der Waals surface area contributed by atoms with Gasteiger partial charge in [0.2, 0.25) is 0 Å².